The standard InChI is InChI=1S/C21H19FN2O2S.ClH/c1-10-7-16(25)17(12-3-4-13(11(2)9-23)15(22)8-12)18-14-5-6-27-20(14)21(26)24-19(10)18;/h3-8,11,25H,9,23H2,1-2H3,(H,24,26);1H/t11-;/m0./s1. The van der Waals surface area contributed by atoms with Crippen molar-refractivity contribution in [2.24, 2.45) is 5.73 Å². The molecule has 0 fully saturated rings. The summed E-state index contributed by atoms with van der Waals surface area (Å²) in [6.45, 7) is 4.05. The van der Waals surface area contributed by atoms with E-state index in [9.17, 15) is 14.3 Å². The number of aromatic amines is 1. The molecule has 0 spiro atoms. The normalized spacial score (nSPS) is 12.3. The summed E-state index contributed by atoms with van der Waals surface area (Å²) in [6, 6.07) is 8.39. The van der Waals surface area contributed by atoms with Gasteiger partial charge in [0.15, 0.2) is 0 Å². The van der Waals surface area contributed by atoms with Crippen molar-refractivity contribution in [1.82, 2.24) is 4.98 Å². The van der Waals surface area contributed by atoms with E-state index in [2.05, 4.69) is 4.98 Å². The molecular weight excluding hydrogens is 399 g/mol. The first-order chi connectivity index (χ1) is 12.9. The number of fused-ring (bicyclic) bond motifs is 3. The highest BCUT2D eigenvalue weighted by Gasteiger charge is 2.19. The fraction of sp³-hybridized carbons (Fsp3) is 0.190. The van der Waals surface area contributed by atoms with E-state index < -0.39 is 0 Å². The molecule has 2 heterocycles. The molecule has 0 amide bonds. The lowest BCUT2D eigenvalue weighted by atomic mass is 9.92. The minimum Gasteiger partial charge on any atom is -0.507 e. The van der Waals surface area contributed by atoms with Crippen LogP contribution in [0.2, 0.25) is 0 Å². The number of aryl methyl sites for hydroxylation is 1. The molecule has 0 aliphatic carbocycles. The van der Waals surface area contributed by atoms with Gasteiger partial charge in [-0.15, -0.1) is 23.7 Å². The first-order valence-electron chi connectivity index (χ1n) is 8.68. The predicted molar refractivity (Wildman–Crippen MR) is 116 cm³/mol. The second-order valence-corrected chi connectivity index (χ2v) is 7.74. The van der Waals surface area contributed by atoms with Gasteiger partial charge in [-0.2, -0.15) is 0 Å². The molecule has 0 aliphatic heterocycles. The van der Waals surface area contributed by atoms with Gasteiger partial charge in [-0.1, -0.05) is 19.1 Å². The number of nitrogens with one attached hydrogen (secondary N) is 1. The number of benzene rings is 2. The summed E-state index contributed by atoms with van der Waals surface area (Å²) in [4.78, 5) is 15.3. The summed E-state index contributed by atoms with van der Waals surface area (Å²) in [6.07, 6.45) is 0. The molecule has 7 heteroatoms. The zero-order valence-corrected chi connectivity index (χ0v) is 17.0. The summed E-state index contributed by atoms with van der Waals surface area (Å²) in [7, 11) is 0. The number of pyridine rings is 1. The SMILES string of the molecule is Cc1cc(O)c(-c2ccc([C@@H](C)CN)c(F)c2)c2c1[nH]c(=O)c1sccc12.Cl. The molecule has 2 aromatic heterocycles. The third kappa shape index (κ3) is 3.07. The van der Waals surface area contributed by atoms with Crippen LogP contribution in [0.3, 0.4) is 0 Å². The van der Waals surface area contributed by atoms with Crippen molar-refractivity contribution in [2.45, 2.75) is 19.8 Å². The lowest BCUT2D eigenvalue weighted by molar-refractivity contribution is 0.477. The Labute approximate surface area is 171 Å². The number of phenolic OH excluding ortho intramolecular Hbond substituents is 1. The Hall–Kier alpha value is -2.41. The zero-order chi connectivity index (χ0) is 19.3. The number of halogens is 2. The molecular formula is C21H20ClFN2O2S. The third-order valence-corrected chi connectivity index (χ3v) is 5.97. The largest absolute Gasteiger partial charge is 0.507 e. The van der Waals surface area contributed by atoms with Crippen LogP contribution in [0.25, 0.3) is 32.1 Å². The number of H-pyrrole nitrogens is 1. The smallest absolute Gasteiger partial charge is 0.266 e. The second-order valence-electron chi connectivity index (χ2n) is 6.83. The van der Waals surface area contributed by atoms with Crippen molar-refractivity contribution < 1.29 is 9.50 Å². The highest BCUT2D eigenvalue weighted by atomic mass is 35.5. The Kier molecular flexibility index (Phi) is 5.48. The van der Waals surface area contributed by atoms with Crippen LogP contribution >= 0.6 is 23.7 Å². The molecule has 0 saturated carbocycles. The average molecular weight is 419 g/mol. The number of hydrogen-bond acceptors (Lipinski definition) is 4. The van der Waals surface area contributed by atoms with Gasteiger partial charge in [-0.3, -0.25) is 4.79 Å². The summed E-state index contributed by atoms with van der Waals surface area (Å²) in [5.41, 5.74) is 8.53. The Morgan fingerprint density at radius 2 is 2.04 bits per heavy atom. The molecule has 2 aromatic carbocycles. The maximum absolute atomic E-state index is 14.7. The van der Waals surface area contributed by atoms with Crippen LogP contribution in [-0.2, 0) is 0 Å². The van der Waals surface area contributed by atoms with Crippen molar-refractivity contribution >= 4 is 44.7 Å². The van der Waals surface area contributed by atoms with Gasteiger partial charge in [0.1, 0.15) is 16.3 Å². The summed E-state index contributed by atoms with van der Waals surface area (Å²) < 4.78 is 15.3. The van der Waals surface area contributed by atoms with Crippen LogP contribution in [0, 0.1) is 12.7 Å². The van der Waals surface area contributed by atoms with E-state index in [1.165, 1.54) is 17.4 Å². The number of nitrogens with two attached hydrogens (primary N) is 1. The molecule has 146 valence electrons. The number of phenols is 1. The van der Waals surface area contributed by atoms with Gasteiger partial charge in [0, 0.05) is 16.3 Å². The van der Waals surface area contributed by atoms with Crippen molar-refractivity contribution in [1.29, 1.82) is 0 Å². The van der Waals surface area contributed by atoms with Gasteiger partial charge in [0.2, 0.25) is 0 Å². The molecule has 4 N–H and O–H groups in total. The minimum atomic E-state index is -0.357. The van der Waals surface area contributed by atoms with E-state index >= 15 is 0 Å². The average Bonchev–Trinajstić information content (AvgIpc) is 3.13. The number of rotatable bonds is 3. The molecule has 0 aliphatic rings. The first-order valence-corrected chi connectivity index (χ1v) is 9.56. The third-order valence-electron chi connectivity index (χ3n) is 5.06. The van der Waals surface area contributed by atoms with Crippen molar-refractivity contribution in [3.63, 3.8) is 0 Å². The predicted octanol–water partition coefficient (Wildman–Crippen LogP) is 5.05. The number of aromatic hydroxyl groups is 1. The van der Waals surface area contributed by atoms with Crippen LogP contribution in [0.15, 0.2) is 40.5 Å². The van der Waals surface area contributed by atoms with Crippen molar-refractivity contribution in [2.75, 3.05) is 6.54 Å². The Balaban J connectivity index is 0.00000225. The van der Waals surface area contributed by atoms with Gasteiger partial charge in [0.25, 0.3) is 5.56 Å². The van der Waals surface area contributed by atoms with Crippen LogP contribution in [-0.4, -0.2) is 16.6 Å². The van der Waals surface area contributed by atoms with Gasteiger partial charge < -0.3 is 15.8 Å². The highest BCUT2D eigenvalue weighted by Crippen LogP contribution is 2.41. The van der Waals surface area contributed by atoms with E-state index in [-0.39, 0.29) is 35.5 Å². The minimum absolute atomic E-state index is 0. The Morgan fingerprint density at radius 1 is 1.29 bits per heavy atom. The quantitative estimate of drug-likeness (QED) is 0.435. The Bertz CT molecular complexity index is 1250. The molecule has 4 rings (SSSR count). The fourth-order valence-electron chi connectivity index (χ4n) is 3.58. The molecule has 0 bridgehead atoms. The lowest BCUT2D eigenvalue weighted by Crippen LogP contribution is -2.10. The van der Waals surface area contributed by atoms with Crippen LogP contribution < -0.4 is 11.3 Å². The summed E-state index contributed by atoms with van der Waals surface area (Å²) in [5, 5.41) is 14.0. The number of thiophene rings is 1. The van der Waals surface area contributed by atoms with E-state index in [0.29, 0.717) is 33.5 Å². The van der Waals surface area contributed by atoms with Crippen LogP contribution in [0.5, 0.6) is 5.75 Å². The van der Waals surface area contributed by atoms with Gasteiger partial charge in [0.05, 0.1) is 5.52 Å². The molecule has 0 saturated heterocycles. The lowest BCUT2D eigenvalue weighted by Gasteiger charge is -2.15. The molecule has 0 radical (unpaired) electrons. The molecule has 0 unspecified atom stereocenters. The van der Waals surface area contributed by atoms with E-state index in [4.69, 9.17) is 5.73 Å². The monoisotopic (exact) mass is 418 g/mol. The summed E-state index contributed by atoms with van der Waals surface area (Å²) >= 11 is 1.34. The van der Waals surface area contributed by atoms with E-state index in [1.807, 2.05) is 25.3 Å². The zero-order valence-electron chi connectivity index (χ0n) is 15.4. The molecule has 1 atom stereocenters. The second kappa shape index (κ2) is 7.54. The topological polar surface area (TPSA) is 79.1 Å². The van der Waals surface area contributed by atoms with Crippen LogP contribution in [0.4, 0.5) is 4.39 Å². The van der Waals surface area contributed by atoms with Gasteiger partial charge >= 0.3 is 0 Å². The van der Waals surface area contributed by atoms with E-state index in [1.54, 1.807) is 18.2 Å². The molecule has 4 nitrogen and oxygen atoms in total. The van der Waals surface area contributed by atoms with Gasteiger partial charge in [-0.05, 0) is 59.7 Å². The maximum Gasteiger partial charge on any atom is 0.266 e. The number of hydrogen-bond donors (Lipinski definition) is 3. The van der Waals surface area contributed by atoms with E-state index in [0.717, 1.165) is 16.3 Å². The number of aromatic nitrogens is 1. The van der Waals surface area contributed by atoms with Gasteiger partial charge in [-0.25, -0.2) is 4.39 Å². The highest BCUT2D eigenvalue weighted by molar-refractivity contribution is 7.17. The first kappa shape index (κ1) is 20.3. The Morgan fingerprint density at radius 3 is 2.71 bits per heavy atom. The van der Waals surface area contributed by atoms with Crippen molar-refractivity contribution in [3.05, 3.63) is 63.0 Å². The maximum atomic E-state index is 14.7. The fourth-order valence-corrected chi connectivity index (χ4v) is 4.38. The summed E-state index contributed by atoms with van der Waals surface area (Å²) in [5.74, 6) is -0.398. The molecule has 28 heavy (non-hydrogen) atoms. The molecule has 4 aromatic rings. The van der Waals surface area contributed by atoms with Crippen LogP contribution in [0.1, 0.15) is 24.0 Å². The van der Waals surface area contributed by atoms with Crippen molar-refractivity contribution in [3.8, 4) is 16.9 Å².